The van der Waals surface area contributed by atoms with Crippen molar-refractivity contribution in [2.75, 3.05) is 0 Å². The van der Waals surface area contributed by atoms with E-state index < -0.39 is 5.97 Å². The average molecular weight is 245 g/mol. The van der Waals surface area contributed by atoms with Crippen LogP contribution in [-0.2, 0) is 12.8 Å². The Hall–Kier alpha value is -2.17. The molecule has 5 heteroatoms. The van der Waals surface area contributed by atoms with Crippen molar-refractivity contribution < 1.29 is 9.90 Å². The van der Waals surface area contributed by atoms with Crippen LogP contribution in [0.3, 0.4) is 0 Å². The maximum absolute atomic E-state index is 10.9. The van der Waals surface area contributed by atoms with Crippen molar-refractivity contribution in [1.29, 1.82) is 0 Å². The number of pyridine rings is 1. The molecule has 1 N–H and O–H groups in total. The monoisotopic (exact) mass is 245 g/mol. The van der Waals surface area contributed by atoms with Crippen LogP contribution < -0.4 is 0 Å². The van der Waals surface area contributed by atoms with Crippen LogP contribution in [0.4, 0.5) is 0 Å². The lowest BCUT2D eigenvalue weighted by Crippen LogP contribution is -2.05. The fourth-order valence-electron chi connectivity index (χ4n) is 1.79. The Morgan fingerprint density at radius 3 is 2.72 bits per heavy atom. The number of hydrogen-bond donors (Lipinski definition) is 1. The first-order valence-corrected chi connectivity index (χ1v) is 5.93. The van der Waals surface area contributed by atoms with Gasteiger partial charge in [0.1, 0.15) is 5.69 Å². The van der Waals surface area contributed by atoms with Crippen molar-refractivity contribution >= 4 is 5.97 Å². The van der Waals surface area contributed by atoms with E-state index >= 15 is 0 Å². The molecule has 0 radical (unpaired) electrons. The number of nitrogens with zero attached hydrogens (tertiary/aromatic N) is 3. The second-order valence-electron chi connectivity index (χ2n) is 3.95. The highest BCUT2D eigenvalue weighted by atomic mass is 16.4. The fourth-order valence-corrected chi connectivity index (χ4v) is 1.79. The molecule has 2 aromatic rings. The van der Waals surface area contributed by atoms with Gasteiger partial charge in [-0.1, -0.05) is 13.8 Å². The van der Waals surface area contributed by atoms with E-state index in [1.165, 1.54) is 12.3 Å². The van der Waals surface area contributed by atoms with Crippen LogP contribution in [0.5, 0.6) is 0 Å². The number of hydrogen-bond acceptors (Lipinski definition) is 3. The number of carboxylic acids is 1. The summed E-state index contributed by atoms with van der Waals surface area (Å²) in [5, 5.41) is 13.4. The van der Waals surface area contributed by atoms with E-state index in [4.69, 9.17) is 5.11 Å². The first-order chi connectivity index (χ1) is 8.65. The second-order valence-corrected chi connectivity index (χ2v) is 3.95. The summed E-state index contributed by atoms with van der Waals surface area (Å²) in [7, 11) is 0. The predicted octanol–water partition coefficient (Wildman–Crippen LogP) is 2.09. The van der Waals surface area contributed by atoms with Gasteiger partial charge in [0.2, 0.25) is 0 Å². The summed E-state index contributed by atoms with van der Waals surface area (Å²) in [5.74, 6) is -1.03. The molecule has 94 valence electrons. The van der Waals surface area contributed by atoms with Gasteiger partial charge in [-0.3, -0.25) is 0 Å². The quantitative estimate of drug-likeness (QED) is 0.895. The van der Waals surface area contributed by atoms with E-state index in [0.29, 0.717) is 0 Å². The molecule has 0 fully saturated rings. The van der Waals surface area contributed by atoms with Gasteiger partial charge in [0.25, 0.3) is 0 Å². The minimum atomic E-state index is -1.03. The molecule has 0 saturated carbocycles. The molecule has 0 atom stereocenters. The SMILES string of the molecule is CCc1cc(CC)n(-c2ccnc(C(=O)O)c2)n1. The van der Waals surface area contributed by atoms with Crippen LogP contribution in [0.15, 0.2) is 24.4 Å². The summed E-state index contributed by atoms with van der Waals surface area (Å²) >= 11 is 0. The largest absolute Gasteiger partial charge is 0.477 e. The summed E-state index contributed by atoms with van der Waals surface area (Å²) in [6, 6.07) is 5.34. The lowest BCUT2D eigenvalue weighted by atomic mass is 10.2. The minimum absolute atomic E-state index is 0.0306. The molecule has 0 bridgehead atoms. The van der Waals surface area contributed by atoms with Crippen LogP contribution in [0.1, 0.15) is 35.7 Å². The molecule has 0 saturated heterocycles. The number of aromatic nitrogens is 3. The van der Waals surface area contributed by atoms with Crippen LogP contribution in [0.2, 0.25) is 0 Å². The first-order valence-electron chi connectivity index (χ1n) is 5.93. The first kappa shape index (κ1) is 12.3. The molecular formula is C13H15N3O2. The normalized spacial score (nSPS) is 10.6. The third-order valence-electron chi connectivity index (χ3n) is 2.77. The maximum Gasteiger partial charge on any atom is 0.354 e. The number of rotatable bonds is 4. The van der Waals surface area contributed by atoms with Crippen molar-refractivity contribution in [2.24, 2.45) is 0 Å². The molecule has 0 aliphatic carbocycles. The minimum Gasteiger partial charge on any atom is -0.477 e. The van der Waals surface area contributed by atoms with Crippen molar-refractivity contribution in [3.05, 3.63) is 41.5 Å². The molecule has 18 heavy (non-hydrogen) atoms. The third-order valence-corrected chi connectivity index (χ3v) is 2.77. The van der Waals surface area contributed by atoms with Gasteiger partial charge >= 0.3 is 5.97 Å². The van der Waals surface area contributed by atoms with Crippen molar-refractivity contribution in [3.8, 4) is 5.69 Å². The highest BCUT2D eigenvalue weighted by molar-refractivity contribution is 5.85. The van der Waals surface area contributed by atoms with Gasteiger partial charge in [-0.2, -0.15) is 5.10 Å². The molecule has 2 heterocycles. The maximum atomic E-state index is 10.9. The zero-order chi connectivity index (χ0) is 13.1. The van der Waals surface area contributed by atoms with E-state index in [1.807, 2.05) is 19.9 Å². The lowest BCUT2D eigenvalue weighted by molar-refractivity contribution is 0.0690. The van der Waals surface area contributed by atoms with Gasteiger partial charge in [-0.25, -0.2) is 14.5 Å². The van der Waals surface area contributed by atoms with Gasteiger partial charge in [-0.15, -0.1) is 0 Å². The van der Waals surface area contributed by atoms with Gasteiger partial charge < -0.3 is 5.11 Å². The van der Waals surface area contributed by atoms with E-state index in [1.54, 1.807) is 10.7 Å². The van der Waals surface area contributed by atoms with Gasteiger partial charge in [-0.05, 0) is 31.0 Å². The Morgan fingerprint density at radius 2 is 2.11 bits per heavy atom. The van der Waals surface area contributed by atoms with E-state index in [2.05, 4.69) is 10.1 Å². The Kier molecular flexibility index (Phi) is 3.41. The molecule has 0 spiro atoms. The molecule has 0 unspecified atom stereocenters. The number of carboxylic acid groups (broad SMARTS) is 1. The number of aryl methyl sites for hydroxylation is 2. The summed E-state index contributed by atoms with van der Waals surface area (Å²) in [6.45, 7) is 4.09. The number of aromatic carboxylic acids is 1. The zero-order valence-corrected chi connectivity index (χ0v) is 10.4. The molecule has 0 aliphatic rings. The van der Waals surface area contributed by atoms with Crippen LogP contribution in [0.25, 0.3) is 5.69 Å². The smallest absolute Gasteiger partial charge is 0.354 e. The molecule has 2 aromatic heterocycles. The second kappa shape index (κ2) is 5.00. The Morgan fingerprint density at radius 1 is 1.33 bits per heavy atom. The Bertz CT molecular complexity index is 575. The highest BCUT2D eigenvalue weighted by Crippen LogP contribution is 2.14. The molecular weight excluding hydrogens is 230 g/mol. The van der Waals surface area contributed by atoms with Gasteiger partial charge in [0.15, 0.2) is 0 Å². The molecule has 0 aliphatic heterocycles. The Balaban J connectivity index is 2.50. The van der Waals surface area contributed by atoms with Crippen molar-refractivity contribution in [2.45, 2.75) is 26.7 Å². The van der Waals surface area contributed by atoms with Crippen molar-refractivity contribution in [3.63, 3.8) is 0 Å². The molecule has 5 nitrogen and oxygen atoms in total. The van der Waals surface area contributed by atoms with Crippen LogP contribution in [0, 0.1) is 0 Å². The fraction of sp³-hybridized carbons (Fsp3) is 0.308. The molecule has 2 rings (SSSR count). The van der Waals surface area contributed by atoms with Gasteiger partial charge in [0, 0.05) is 11.9 Å². The highest BCUT2D eigenvalue weighted by Gasteiger charge is 2.10. The summed E-state index contributed by atoms with van der Waals surface area (Å²) < 4.78 is 1.78. The van der Waals surface area contributed by atoms with Gasteiger partial charge in [0.05, 0.1) is 11.4 Å². The summed E-state index contributed by atoms with van der Waals surface area (Å²) in [4.78, 5) is 14.7. The van der Waals surface area contributed by atoms with Crippen molar-refractivity contribution in [1.82, 2.24) is 14.8 Å². The van der Waals surface area contributed by atoms with Crippen LogP contribution in [-0.4, -0.2) is 25.8 Å². The average Bonchev–Trinajstić information content (AvgIpc) is 2.82. The number of carbonyl (C=O) groups is 1. The lowest BCUT2D eigenvalue weighted by Gasteiger charge is -2.06. The molecule has 0 aromatic carbocycles. The van der Waals surface area contributed by atoms with Crippen LogP contribution >= 0.6 is 0 Å². The van der Waals surface area contributed by atoms with E-state index in [0.717, 1.165) is 29.9 Å². The third kappa shape index (κ3) is 2.25. The van der Waals surface area contributed by atoms with E-state index in [-0.39, 0.29) is 5.69 Å². The topological polar surface area (TPSA) is 68.0 Å². The zero-order valence-electron chi connectivity index (χ0n) is 10.4. The predicted molar refractivity (Wildman–Crippen MR) is 67.1 cm³/mol. The molecule has 0 amide bonds. The summed E-state index contributed by atoms with van der Waals surface area (Å²) in [6.07, 6.45) is 3.19. The van der Waals surface area contributed by atoms with E-state index in [9.17, 15) is 4.79 Å². The Labute approximate surface area is 105 Å². The summed E-state index contributed by atoms with van der Waals surface area (Å²) in [5.41, 5.74) is 2.83. The standard InChI is InChI=1S/C13H15N3O2/c1-3-9-7-10(4-2)16(15-9)11-5-6-14-12(8-11)13(17)18/h5-8H,3-4H2,1-2H3,(H,17,18).